The van der Waals surface area contributed by atoms with Gasteiger partial charge in [-0.3, -0.25) is 0 Å². The smallest absolute Gasteiger partial charge is 0.110 e. The Kier molecular flexibility index (Phi) is 0.650. The molecule has 1 N–H and O–H groups in total. The van der Waals surface area contributed by atoms with Gasteiger partial charge in [0.25, 0.3) is 0 Å². The van der Waals surface area contributed by atoms with E-state index in [9.17, 15) is 4.39 Å². The Morgan fingerprint density at radius 2 is 2.17 bits per heavy atom. The molecule has 0 spiro atoms. The standard InChI is InChI=1S/C4H6FN/c5-3-1-4(6)2-3/h3,6H,1-2H2. The maximum atomic E-state index is 11.6. The summed E-state index contributed by atoms with van der Waals surface area (Å²) in [6.45, 7) is 0. The summed E-state index contributed by atoms with van der Waals surface area (Å²) in [5.74, 6) is 0. The fraction of sp³-hybridized carbons (Fsp3) is 0.750. The molecule has 6 heavy (non-hydrogen) atoms. The maximum absolute atomic E-state index is 11.6. The molecule has 0 atom stereocenters. The summed E-state index contributed by atoms with van der Waals surface area (Å²) in [7, 11) is 0. The average molecular weight is 87.1 g/mol. The van der Waals surface area contributed by atoms with Gasteiger partial charge in [-0.1, -0.05) is 0 Å². The molecule has 1 saturated carbocycles. The Balaban J connectivity index is 2.28. The Morgan fingerprint density at radius 1 is 1.67 bits per heavy atom. The molecule has 1 fully saturated rings. The molecule has 0 aromatic carbocycles. The summed E-state index contributed by atoms with van der Waals surface area (Å²) in [5, 5.41) is 6.72. The van der Waals surface area contributed by atoms with E-state index in [-0.39, 0.29) is 0 Å². The van der Waals surface area contributed by atoms with Gasteiger partial charge in [-0.2, -0.15) is 0 Å². The minimum absolute atomic E-state index is 0.389. The van der Waals surface area contributed by atoms with Gasteiger partial charge >= 0.3 is 0 Å². The third-order valence-electron chi connectivity index (χ3n) is 0.936. The largest absolute Gasteiger partial charge is 0.309 e. The Labute approximate surface area is 35.7 Å². The van der Waals surface area contributed by atoms with Crippen LogP contribution >= 0.6 is 0 Å². The summed E-state index contributed by atoms with van der Waals surface area (Å²) in [6.07, 6.45) is 0.0949. The van der Waals surface area contributed by atoms with E-state index in [1.54, 1.807) is 0 Å². The summed E-state index contributed by atoms with van der Waals surface area (Å²) < 4.78 is 11.6. The minimum atomic E-state index is -0.683. The SMILES string of the molecule is N=C1CC(F)C1. The second-order valence-corrected chi connectivity index (χ2v) is 1.61. The third-order valence-corrected chi connectivity index (χ3v) is 0.936. The Bertz CT molecular complexity index is 71.6. The van der Waals surface area contributed by atoms with Gasteiger partial charge in [0.1, 0.15) is 6.17 Å². The first-order chi connectivity index (χ1) is 2.79. The average Bonchev–Trinajstić information content (AvgIpc) is 1.33. The van der Waals surface area contributed by atoms with E-state index >= 15 is 0 Å². The number of rotatable bonds is 0. The molecule has 0 aromatic heterocycles. The highest BCUT2D eigenvalue weighted by atomic mass is 19.1. The lowest BCUT2D eigenvalue weighted by atomic mass is 9.95. The van der Waals surface area contributed by atoms with Crippen molar-refractivity contribution in [2.75, 3.05) is 0 Å². The lowest BCUT2D eigenvalue weighted by Gasteiger charge is -2.17. The monoisotopic (exact) mass is 87.0 g/mol. The molecule has 1 rings (SSSR count). The van der Waals surface area contributed by atoms with Crippen LogP contribution in [0.1, 0.15) is 12.8 Å². The zero-order valence-corrected chi connectivity index (χ0v) is 3.37. The topological polar surface area (TPSA) is 23.9 Å². The molecular weight excluding hydrogens is 81.0 g/mol. The number of nitrogens with one attached hydrogen (secondary N) is 1. The summed E-state index contributed by atoms with van der Waals surface area (Å²) in [4.78, 5) is 0. The summed E-state index contributed by atoms with van der Waals surface area (Å²) in [6, 6.07) is 0. The van der Waals surface area contributed by atoms with Crippen LogP contribution in [0.4, 0.5) is 4.39 Å². The predicted octanol–water partition coefficient (Wildman–Crippen LogP) is 1.14. The van der Waals surface area contributed by atoms with Gasteiger partial charge in [-0.05, 0) is 0 Å². The molecule has 0 radical (unpaired) electrons. The van der Waals surface area contributed by atoms with E-state index in [0.717, 1.165) is 0 Å². The lowest BCUT2D eigenvalue weighted by Crippen LogP contribution is -2.23. The van der Waals surface area contributed by atoms with Crippen molar-refractivity contribution in [1.82, 2.24) is 0 Å². The van der Waals surface area contributed by atoms with E-state index in [4.69, 9.17) is 5.41 Å². The third kappa shape index (κ3) is 0.421. The fourth-order valence-electron chi connectivity index (χ4n) is 0.475. The first kappa shape index (κ1) is 3.78. The molecule has 0 heterocycles. The van der Waals surface area contributed by atoms with Gasteiger partial charge in [-0.25, -0.2) is 4.39 Å². The number of hydrogen-bond acceptors (Lipinski definition) is 1. The second kappa shape index (κ2) is 1.03. The van der Waals surface area contributed by atoms with E-state index in [1.165, 1.54) is 0 Å². The van der Waals surface area contributed by atoms with E-state index < -0.39 is 6.17 Å². The maximum Gasteiger partial charge on any atom is 0.110 e. The Hall–Kier alpha value is -0.400. The number of alkyl halides is 1. The quantitative estimate of drug-likeness (QED) is 0.458. The van der Waals surface area contributed by atoms with Gasteiger partial charge in [0, 0.05) is 18.6 Å². The van der Waals surface area contributed by atoms with Crippen molar-refractivity contribution in [2.24, 2.45) is 0 Å². The molecule has 0 amide bonds. The fourth-order valence-corrected chi connectivity index (χ4v) is 0.475. The van der Waals surface area contributed by atoms with Crippen LogP contribution in [0, 0.1) is 5.41 Å². The molecule has 0 unspecified atom stereocenters. The molecule has 1 aliphatic carbocycles. The van der Waals surface area contributed by atoms with Crippen molar-refractivity contribution >= 4 is 5.71 Å². The Morgan fingerprint density at radius 3 is 2.17 bits per heavy atom. The van der Waals surface area contributed by atoms with Gasteiger partial charge < -0.3 is 5.41 Å². The molecular formula is C4H6FN. The highest BCUT2D eigenvalue weighted by molar-refractivity contribution is 5.87. The zero-order chi connectivity index (χ0) is 4.57. The van der Waals surface area contributed by atoms with Crippen molar-refractivity contribution in [3.63, 3.8) is 0 Å². The van der Waals surface area contributed by atoms with Crippen LogP contribution in [0.15, 0.2) is 0 Å². The normalized spacial score (nSPS) is 32.8. The second-order valence-electron chi connectivity index (χ2n) is 1.61. The highest BCUT2D eigenvalue weighted by Gasteiger charge is 2.21. The highest BCUT2D eigenvalue weighted by Crippen LogP contribution is 2.17. The van der Waals surface area contributed by atoms with Crippen LogP contribution in [0.3, 0.4) is 0 Å². The van der Waals surface area contributed by atoms with Crippen LogP contribution in [-0.2, 0) is 0 Å². The molecule has 0 saturated heterocycles. The van der Waals surface area contributed by atoms with E-state index in [0.29, 0.717) is 18.6 Å². The lowest BCUT2D eigenvalue weighted by molar-refractivity contribution is 0.315. The summed E-state index contributed by atoms with van der Waals surface area (Å²) in [5.41, 5.74) is 0.558. The van der Waals surface area contributed by atoms with Crippen molar-refractivity contribution in [3.8, 4) is 0 Å². The van der Waals surface area contributed by atoms with Gasteiger partial charge in [0.05, 0.1) is 0 Å². The van der Waals surface area contributed by atoms with Crippen molar-refractivity contribution in [1.29, 1.82) is 5.41 Å². The number of hydrogen-bond donors (Lipinski definition) is 1. The number of halogens is 1. The van der Waals surface area contributed by atoms with Crippen LogP contribution in [0.25, 0.3) is 0 Å². The van der Waals surface area contributed by atoms with Crippen LogP contribution < -0.4 is 0 Å². The van der Waals surface area contributed by atoms with Crippen molar-refractivity contribution < 1.29 is 4.39 Å². The van der Waals surface area contributed by atoms with Crippen LogP contribution in [0.5, 0.6) is 0 Å². The predicted molar refractivity (Wildman–Crippen MR) is 21.9 cm³/mol. The molecule has 0 bridgehead atoms. The summed E-state index contributed by atoms with van der Waals surface area (Å²) >= 11 is 0. The molecule has 0 aliphatic heterocycles. The van der Waals surface area contributed by atoms with Gasteiger partial charge in [0.15, 0.2) is 0 Å². The van der Waals surface area contributed by atoms with Crippen LogP contribution in [-0.4, -0.2) is 11.9 Å². The molecule has 1 aliphatic rings. The van der Waals surface area contributed by atoms with Gasteiger partial charge in [0.2, 0.25) is 0 Å². The minimum Gasteiger partial charge on any atom is -0.309 e. The molecule has 2 heteroatoms. The van der Waals surface area contributed by atoms with E-state index in [2.05, 4.69) is 0 Å². The van der Waals surface area contributed by atoms with Crippen LogP contribution in [0.2, 0.25) is 0 Å². The molecule has 1 nitrogen and oxygen atoms in total. The molecule has 0 aromatic rings. The van der Waals surface area contributed by atoms with Crippen molar-refractivity contribution in [3.05, 3.63) is 0 Å². The molecule has 34 valence electrons. The van der Waals surface area contributed by atoms with Gasteiger partial charge in [-0.15, -0.1) is 0 Å². The van der Waals surface area contributed by atoms with E-state index in [1.807, 2.05) is 0 Å². The van der Waals surface area contributed by atoms with Crippen molar-refractivity contribution in [2.45, 2.75) is 19.0 Å². The first-order valence-corrected chi connectivity index (χ1v) is 1.99. The zero-order valence-electron chi connectivity index (χ0n) is 3.37. The first-order valence-electron chi connectivity index (χ1n) is 1.99.